The Hall–Kier alpha value is -6.22. The summed E-state index contributed by atoms with van der Waals surface area (Å²) in [6.07, 6.45) is 14.1. The second kappa shape index (κ2) is 35.2. The van der Waals surface area contributed by atoms with E-state index in [1.165, 1.54) is 16.5 Å². The van der Waals surface area contributed by atoms with E-state index >= 15 is 4.79 Å². The van der Waals surface area contributed by atoms with Gasteiger partial charge in [-0.3, -0.25) is 18.6 Å². The summed E-state index contributed by atoms with van der Waals surface area (Å²) in [5.74, 6) is 0.230. The molecule has 4 aliphatic carbocycles. The topological polar surface area (TPSA) is 241 Å². The molecule has 2 aliphatic heterocycles. The van der Waals surface area contributed by atoms with Gasteiger partial charge in [-0.1, -0.05) is 166 Å². The van der Waals surface area contributed by atoms with Crippen molar-refractivity contribution in [2.45, 2.75) is 219 Å². The average Bonchev–Trinajstić information content (AvgIpc) is 1.46. The summed E-state index contributed by atoms with van der Waals surface area (Å²) in [7, 11) is -1.79. The minimum Gasteiger partial charge on any atom is -0.508 e. The van der Waals surface area contributed by atoms with Crippen molar-refractivity contribution in [3.63, 3.8) is 0 Å². The third-order valence-electron chi connectivity index (χ3n) is 21.6. The van der Waals surface area contributed by atoms with Crippen molar-refractivity contribution >= 4 is 25.5 Å². The molecule has 2 unspecified atom stereocenters. The van der Waals surface area contributed by atoms with Crippen molar-refractivity contribution in [1.82, 2.24) is 9.80 Å². The number of carbonyl (C=O) groups excluding carboxylic acids is 3. The molecule has 2 heterocycles. The molecule has 2 saturated heterocycles. The van der Waals surface area contributed by atoms with E-state index in [1.54, 1.807) is 65.8 Å². The molecule has 0 aromatic heterocycles. The lowest BCUT2D eigenvalue weighted by Gasteiger charge is -2.59. The van der Waals surface area contributed by atoms with Crippen LogP contribution in [0.1, 0.15) is 193 Å². The van der Waals surface area contributed by atoms with E-state index in [4.69, 9.17) is 32.7 Å². The summed E-state index contributed by atoms with van der Waals surface area (Å²) < 4.78 is 54.0. The van der Waals surface area contributed by atoms with Crippen LogP contribution >= 0.6 is 7.82 Å². The Kier molecular flexibility index (Phi) is 27.7. The maximum Gasteiger partial charge on any atom is 0.473 e. The smallest absolute Gasteiger partial charge is 0.473 e. The number of aryl methyl sites for hydroxylation is 1. The molecule has 0 radical (unpaired) electrons. The van der Waals surface area contributed by atoms with Crippen molar-refractivity contribution in [2.75, 3.05) is 53.0 Å². The molecule has 19 heteroatoms. The summed E-state index contributed by atoms with van der Waals surface area (Å²) in [5, 5.41) is 42.3. The standard InChI is InChI=1S/C47H53NO6.C30H45NO6.C8H19O4P/c1-44-24-21-36(49)27-35(44)19-20-37-38-28-41-47(45(38,2)29-39(50)42(37)44,54-43(53-41)31-22-25-48(3)26-23-31)40(51)30-52-46(32-13-7-4-8-14-32,33-15-9-5-10-16-33)34-17-11-6-12-18-34;1-30(2,3)37-29(35)31(22-28(34)25-16-17-27(33)26(21-25)23-32)18-10-4-5-11-19-36-20-12-9-15-24-13-7-6-8-14-24;1-7(2,3)11-13(9,10)12-8(4,5)6/h4-18,21,24,27,31,37-39,41-43,50H,19-20,22-23,25-26,28-30H2,1-3H3;6-8,13-14,16-17,21,28,32-34H,4-5,9-12,15,18-20,22-23H2,1-3H3;1-6H3,(H,9,10)/t37-,38-,39-,41-,42+,43?,44-,45-,47+;;/m0../s1. The zero-order valence-corrected chi connectivity index (χ0v) is 64.4. The predicted molar refractivity (Wildman–Crippen MR) is 403 cm³/mol. The van der Waals surface area contributed by atoms with Crippen LogP contribution in [0.2, 0.25) is 0 Å². The number of phosphoric acid groups is 1. The summed E-state index contributed by atoms with van der Waals surface area (Å²) in [5.41, 5.74) is 0.669. The number of phenols is 1. The van der Waals surface area contributed by atoms with Crippen LogP contribution < -0.4 is 0 Å². The largest absolute Gasteiger partial charge is 0.508 e. The van der Waals surface area contributed by atoms with Crippen molar-refractivity contribution in [3.8, 4) is 5.75 Å². The minimum absolute atomic E-state index is 0.0235. The van der Waals surface area contributed by atoms with Gasteiger partial charge in [-0.15, -0.1) is 0 Å². The highest BCUT2D eigenvalue weighted by molar-refractivity contribution is 7.47. The number of nitrogens with zero attached hydrogens (tertiary/aromatic N) is 2. The zero-order valence-electron chi connectivity index (χ0n) is 63.5. The summed E-state index contributed by atoms with van der Waals surface area (Å²) in [6, 6.07) is 45.6. The number of rotatable bonds is 26. The average molecular weight is 1450 g/mol. The Morgan fingerprint density at radius 1 is 0.740 bits per heavy atom. The first kappa shape index (κ1) is 81.8. The van der Waals surface area contributed by atoms with Crippen LogP contribution in [-0.4, -0.2) is 147 Å². The predicted octanol–water partition coefficient (Wildman–Crippen LogP) is 15.7. The maximum atomic E-state index is 15.6. The molecule has 3 saturated carbocycles. The van der Waals surface area contributed by atoms with Gasteiger partial charge in [0.25, 0.3) is 0 Å². The SMILES string of the molecule is CC(C)(C)OC(=O)N(CCCCCCOCCCCc1ccccc1)CC(O)c1ccc(O)c(CO)c1.CC(C)(C)OP(=O)(O)OC(C)(C)C.CN1CCC(C2O[C@H]3C[C@H]4[C@@H]5CCC6=CC(=O)C=C[C@]6(C)[C@H]5[C@@H](O)C[C@]4(C)[C@]3(C(=O)COC(c3ccccc3)(c3ccccc3)c3ccccc3)O2)CC1. The molecule has 11 rings (SSSR count). The molecule has 104 heavy (non-hydrogen) atoms. The van der Waals surface area contributed by atoms with Crippen LogP contribution in [0.15, 0.2) is 163 Å². The van der Waals surface area contributed by atoms with Gasteiger partial charge < -0.3 is 58.8 Å². The summed E-state index contributed by atoms with van der Waals surface area (Å²) >= 11 is 0. The van der Waals surface area contributed by atoms with Gasteiger partial charge in [-0.25, -0.2) is 9.36 Å². The fourth-order valence-corrected chi connectivity index (χ4v) is 18.3. The second-order valence-corrected chi connectivity index (χ2v) is 34.1. The summed E-state index contributed by atoms with van der Waals surface area (Å²) in [6.45, 7) is 23.5. The number of likely N-dealkylation sites (tertiary alicyclic amines) is 1. The van der Waals surface area contributed by atoms with E-state index in [-0.39, 0.29) is 60.7 Å². The molecule has 5 aromatic rings. The number of piperidine rings is 1. The van der Waals surface area contributed by atoms with Gasteiger partial charge in [0.2, 0.25) is 0 Å². The first-order valence-electron chi connectivity index (χ1n) is 37.6. The number of ether oxygens (including phenoxy) is 5. The highest BCUT2D eigenvalue weighted by Crippen LogP contribution is 2.70. The van der Waals surface area contributed by atoms with E-state index in [0.717, 1.165) is 119 Å². The molecule has 18 nitrogen and oxygen atoms in total. The van der Waals surface area contributed by atoms with E-state index < -0.39 is 77.4 Å². The lowest BCUT2D eigenvalue weighted by molar-refractivity contribution is -0.211. The fourth-order valence-electron chi connectivity index (χ4n) is 16.8. The van der Waals surface area contributed by atoms with E-state index in [1.807, 2.05) is 87.5 Å². The molecule has 5 fully saturated rings. The third kappa shape index (κ3) is 20.3. The van der Waals surface area contributed by atoms with Crippen molar-refractivity contribution in [1.29, 1.82) is 0 Å². The number of ketones is 2. The molecule has 10 atom stereocenters. The van der Waals surface area contributed by atoms with Gasteiger partial charge in [0.05, 0.1) is 42.7 Å². The quantitative estimate of drug-likeness (QED) is 0.0196. The number of benzene rings is 5. The van der Waals surface area contributed by atoms with E-state index in [9.17, 15) is 39.5 Å². The number of unbranched alkanes of at least 4 members (excludes halogenated alkanes) is 4. The van der Waals surface area contributed by atoms with Crippen molar-refractivity contribution in [2.24, 2.45) is 34.5 Å². The van der Waals surface area contributed by atoms with Crippen LogP contribution in [0.5, 0.6) is 5.75 Å². The highest BCUT2D eigenvalue weighted by atomic mass is 31.2. The van der Waals surface area contributed by atoms with Gasteiger partial charge >= 0.3 is 13.9 Å². The zero-order chi connectivity index (χ0) is 75.3. The van der Waals surface area contributed by atoms with Crippen LogP contribution in [0.25, 0.3) is 0 Å². The number of fused-ring (bicyclic) bond motifs is 7. The molecular formula is C85H117N2O16P. The number of aliphatic hydroxyl groups is 3. The van der Waals surface area contributed by atoms with Gasteiger partial charge in [0.1, 0.15) is 23.6 Å². The number of phosphoric ester groups is 1. The van der Waals surface area contributed by atoms with E-state index in [0.29, 0.717) is 30.5 Å². The molecule has 0 bridgehead atoms. The minimum atomic E-state index is -3.94. The normalized spacial score (nSPS) is 25.2. The molecule has 6 aliphatic rings. The molecule has 1 amide bonds. The number of carbonyl (C=O) groups is 3. The van der Waals surface area contributed by atoms with Crippen molar-refractivity contribution in [3.05, 3.63) is 197 Å². The highest BCUT2D eigenvalue weighted by Gasteiger charge is 2.76. The monoisotopic (exact) mass is 1450 g/mol. The Balaban J connectivity index is 0.000000217. The van der Waals surface area contributed by atoms with Crippen LogP contribution in [0, 0.1) is 34.5 Å². The van der Waals surface area contributed by atoms with Gasteiger partial charge in [-0.2, -0.15) is 0 Å². The van der Waals surface area contributed by atoms with Crippen molar-refractivity contribution < 1.29 is 77.0 Å². The number of hydrogen-bond donors (Lipinski definition) is 5. The number of aromatic hydroxyl groups is 1. The van der Waals surface area contributed by atoms with Gasteiger partial charge in [0, 0.05) is 48.0 Å². The molecule has 5 aromatic carbocycles. The maximum absolute atomic E-state index is 15.6. The van der Waals surface area contributed by atoms with Crippen LogP contribution in [0.4, 0.5) is 4.79 Å². The Morgan fingerprint density at radius 2 is 1.30 bits per heavy atom. The van der Waals surface area contributed by atoms with Gasteiger partial charge in [-0.05, 0) is 217 Å². The Bertz CT molecular complexity index is 3580. The molecule has 568 valence electrons. The van der Waals surface area contributed by atoms with Crippen LogP contribution in [0.3, 0.4) is 0 Å². The number of aliphatic hydroxyl groups excluding tert-OH is 3. The van der Waals surface area contributed by atoms with Crippen LogP contribution in [-0.2, 0) is 65.5 Å². The van der Waals surface area contributed by atoms with E-state index in [2.05, 4.69) is 86.5 Å². The summed E-state index contributed by atoms with van der Waals surface area (Å²) in [4.78, 5) is 54.0. The molecule has 0 spiro atoms. The Labute approximate surface area is 618 Å². The lowest BCUT2D eigenvalue weighted by Crippen LogP contribution is -2.64. The first-order valence-corrected chi connectivity index (χ1v) is 39.1. The Morgan fingerprint density at radius 3 is 1.86 bits per heavy atom. The number of allylic oxidation sites excluding steroid dienone is 4. The number of hydrogen-bond acceptors (Lipinski definition) is 16. The number of amides is 1. The first-order chi connectivity index (χ1) is 49.2. The lowest BCUT2D eigenvalue weighted by atomic mass is 9.46. The number of Topliss-reactive ketones (excluding diaryl/α,β-unsaturated/α-hetero) is 1. The second-order valence-electron chi connectivity index (χ2n) is 32.8. The third-order valence-corrected chi connectivity index (χ3v) is 23.1. The fraction of sp³-hybridized carbons (Fsp3) is 0.565. The molecule has 5 N–H and O–H groups in total. The molecular weight excluding hydrogens is 1340 g/mol. The van der Waals surface area contributed by atoms with Gasteiger partial charge in [0.15, 0.2) is 23.5 Å².